The van der Waals surface area contributed by atoms with Gasteiger partial charge in [0.15, 0.2) is 5.13 Å². The molecule has 28 heavy (non-hydrogen) atoms. The molecule has 1 aromatic heterocycles. The number of likely N-dealkylation sites (N-methyl/N-ethyl adjacent to an activating group) is 1. The van der Waals surface area contributed by atoms with Gasteiger partial charge < -0.3 is 9.64 Å². The zero-order valence-corrected chi connectivity index (χ0v) is 17.3. The first kappa shape index (κ1) is 20.3. The molecule has 0 radical (unpaired) electrons. The van der Waals surface area contributed by atoms with Gasteiger partial charge >= 0.3 is 0 Å². The van der Waals surface area contributed by atoms with E-state index in [1.54, 1.807) is 11.3 Å². The Labute approximate surface area is 170 Å². The van der Waals surface area contributed by atoms with Gasteiger partial charge in [0.1, 0.15) is 5.75 Å². The number of anilines is 1. The van der Waals surface area contributed by atoms with E-state index >= 15 is 0 Å². The molecule has 0 fully saturated rings. The van der Waals surface area contributed by atoms with Crippen LogP contribution >= 0.6 is 11.3 Å². The van der Waals surface area contributed by atoms with Gasteiger partial charge in [0.05, 0.1) is 23.2 Å². The summed E-state index contributed by atoms with van der Waals surface area (Å²) < 4.78 is 6.81. The third-order valence-corrected chi connectivity index (χ3v) is 5.74. The molecule has 1 amide bonds. The molecule has 148 valence electrons. The summed E-state index contributed by atoms with van der Waals surface area (Å²) in [5.41, 5.74) is 0.934. The first-order chi connectivity index (χ1) is 13.7. The number of thiazole rings is 1. The van der Waals surface area contributed by atoms with Crippen molar-refractivity contribution in [3.05, 3.63) is 54.6 Å². The fourth-order valence-electron chi connectivity index (χ4n) is 2.99. The van der Waals surface area contributed by atoms with Crippen molar-refractivity contribution in [3.8, 4) is 5.75 Å². The van der Waals surface area contributed by atoms with Crippen LogP contribution in [0.5, 0.6) is 5.75 Å². The maximum Gasteiger partial charge on any atom is 0.232 e. The van der Waals surface area contributed by atoms with E-state index in [0.29, 0.717) is 19.6 Å². The second-order valence-corrected chi connectivity index (χ2v) is 7.46. The summed E-state index contributed by atoms with van der Waals surface area (Å²) in [6.45, 7) is 8.03. The summed E-state index contributed by atoms with van der Waals surface area (Å²) in [6, 6.07) is 17.6. The van der Waals surface area contributed by atoms with E-state index in [4.69, 9.17) is 9.72 Å². The van der Waals surface area contributed by atoms with Crippen LogP contribution in [0.4, 0.5) is 5.13 Å². The Morgan fingerprint density at radius 2 is 1.71 bits per heavy atom. The first-order valence-corrected chi connectivity index (χ1v) is 10.6. The lowest BCUT2D eigenvalue weighted by Crippen LogP contribution is -2.39. The van der Waals surface area contributed by atoms with Gasteiger partial charge in [-0.15, -0.1) is 0 Å². The van der Waals surface area contributed by atoms with Crippen LogP contribution in [0.25, 0.3) is 10.2 Å². The average molecular weight is 398 g/mol. The van der Waals surface area contributed by atoms with E-state index in [9.17, 15) is 4.79 Å². The van der Waals surface area contributed by atoms with Gasteiger partial charge in [-0.1, -0.05) is 55.5 Å². The van der Waals surface area contributed by atoms with E-state index in [1.807, 2.05) is 59.5 Å². The van der Waals surface area contributed by atoms with Crippen molar-refractivity contribution in [3.63, 3.8) is 0 Å². The fourth-order valence-corrected chi connectivity index (χ4v) is 4.00. The third-order valence-electron chi connectivity index (χ3n) is 4.68. The van der Waals surface area contributed by atoms with Gasteiger partial charge in [-0.2, -0.15) is 0 Å². The Morgan fingerprint density at radius 1 is 1.00 bits per heavy atom. The molecule has 3 rings (SSSR count). The van der Waals surface area contributed by atoms with Crippen LogP contribution in [-0.4, -0.2) is 48.6 Å². The van der Waals surface area contributed by atoms with Gasteiger partial charge in [-0.3, -0.25) is 9.69 Å². The normalized spacial score (nSPS) is 11.1. The molecule has 0 aliphatic carbocycles. The highest BCUT2D eigenvalue weighted by Crippen LogP contribution is 2.29. The van der Waals surface area contributed by atoms with Crippen LogP contribution in [0.15, 0.2) is 54.6 Å². The number of carbonyl (C=O) groups excluding carboxylic acids is 1. The van der Waals surface area contributed by atoms with E-state index < -0.39 is 0 Å². The van der Waals surface area contributed by atoms with Gasteiger partial charge in [0.2, 0.25) is 5.91 Å². The van der Waals surface area contributed by atoms with Crippen molar-refractivity contribution in [2.75, 3.05) is 37.7 Å². The lowest BCUT2D eigenvalue weighted by molar-refractivity contribution is -0.119. The maximum atomic E-state index is 13.0. The third kappa shape index (κ3) is 5.30. The van der Waals surface area contributed by atoms with E-state index in [-0.39, 0.29) is 5.91 Å². The second kappa shape index (κ2) is 10.2. The molecular weight excluding hydrogens is 370 g/mol. The highest BCUT2D eigenvalue weighted by atomic mass is 32.1. The number of fused-ring (bicyclic) bond motifs is 1. The molecule has 0 saturated carbocycles. The number of nitrogens with zero attached hydrogens (tertiary/aromatic N) is 3. The molecule has 0 unspecified atom stereocenters. The summed E-state index contributed by atoms with van der Waals surface area (Å²) >= 11 is 1.57. The summed E-state index contributed by atoms with van der Waals surface area (Å²) in [6.07, 6.45) is 0.322. The van der Waals surface area contributed by atoms with E-state index in [2.05, 4.69) is 18.7 Å². The number of hydrogen-bond donors (Lipinski definition) is 0. The number of aromatic nitrogens is 1. The second-order valence-electron chi connectivity index (χ2n) is 6.45. The smallest absolute Gasteiger partial charge is 0.232 e. The largest absolute Gasteiger partial charge is 0.493 e. The Kier molecular flexibility index (Phi) is 7.39. The van der Waals surface area contributed by atoms with Crippen LogP contribution in [0, 0.1) is 0 Å². The highest BCUT2D eigenvalue weighted by molar-refractivity contribution is 7.22. The van der Waals surface area contributed by atoms with E-state index in [0.717, 1.165) is 40.7 Å². The molecule has 0 N–H and O–H groups in total. The number of hydrogen-bond acceptors (Lipinski definition) is 5. The molecule has 0 atom stereocenters. The number of ether oxygens (including phenoxy) is 1. The molecule has 0 spiro atoms. The van der Waals surface area contributed by atoms with Crippen molar-refractivity contribution < 1.29 is 9.53 Å². The number of benzene rings is 2. The number of amides is 1. The zero-order valence-electron chi connectivity index (χ0n) is 16.5. The predicted molar refractivity (Wildman–Crippen MR) is 116 cm³/mol. The minimum Gasteiger partial charge on any atom is -0.493 e. The fraction of sp³-hybridized carbons (Fsp3) is 0.364. The standard InChI is InChI=1S/C22H27N3O2S/c1-3-24(4-2)15-16-25(22-23-19-12-8-9-13-20(19)28-22)21(26)14-17-27-18-10-6-5-7-11-18/h5-13H,3-4,14-17H2,1-2H3. The summed E-state index contributed by atoms with van der Waals surface area (Å²) in [5.74, 6) is 0.826. The molecule has 3 aromatic rings. The van der Waals surface area contributed by atoms with Crippen LogP contribution in [0.3, 0.4) is 0 Å². The van der Waals surface area contributed by atoms with Gasteiger partial charge in [0.25, 0.3) is 0 Å². The average Bonchev–Trinajstić information content (AvgIpc) is 3.15. The number of carbonyl (C=O) groups is 1. The monoisotopic (exact) mass is 397 g/mol. The van der Waals surface area contributed by atoms with Crippen LogP contribution < -0.4 is 9.64 Å². The molecule has 5 nitrogen and oxygen atoms in total. The molecule has 6 heteroatoms. The Bertz CT molecular complexity index is 845. The van der Waals surface area contributed by atoms with Crippen molar-refractivity contribution in [1.82, 2.24) is 9.88 Å². The van der Waals surface area contributed by atoms with Crippen LogP contribution in [0.2, 0.25) is 0 Å². The van der Waals surface area contributed by atoms with Crippen molar-refractivity contribution >= 4 is 32.6 Å². The molecular formula is C22H27N3O2S. The Balaban J connectivity index is 1.70. The van der Waals surface area contributed by atoms with Crippen LogP contribution in [0.1, 0.15) is 20.3 Å². The van der Waals surface area contributed by atoms with E-state index in [1.165, 1.54) is 0 Å². The molecule has 0 aliphatic heterocycles. The highest BCUT2D eigenvalue weighted by Gasteiger charge is 2.20. The Hall–Kier alpha value is -2.44. The SMILES string of the molecule is CCN(CC)CCN(C(=O)CCOc1ccccc1)c1nc2ccccc2s1. The summed E-state index contributed by atoms with van der Waals surface area (Å²) in [4.78, 5) is 21.8. The summed E-state index contributed by atoms with van der Waals surface area (Å²) in [5, 5.41) is 0.762. The van der Waals surface area contributed by atoms with Crippen molar-refractivity contribution in [1.29, 1.82) is 0 Å². The van der Waals surface area contributed by atoms with Gasteiger partial charge in [0, 0.05) is 13.1 Å². The lowest BCUT2D eigenvalue weighted by atomic mass is 10.3. The van der Waals surface area contributed by atoms with Crippen LogP contribution in [-0.2, 0) is 4.79 Å². The number of para-hydroxylation sites is 2. The van der Waals surface area contributed by atoms with Crippen molar-refractivity contribution in [2.45, 2.75) is 20.3 Å². The Morgan fingerprint density at radius 3 is 2.43 bits per heavy atom. The summed E-state index contributed by atoms with van der Waals surface area (Å²) in [7, 11) is 0. The number of rotatable bonds is 10. The molecule has 0 aliphatic rings. The maximum absolute atomic E-state index is 13.0. The predicted octanol–water partition coefficient (Wildman–Crippen LogP) is 4.44. The van der Waals surface area contributed by atoms with Crippen molar-refractivity contribution in [2.24, 2.45) is 0 Å². The molecule has 2 aromatic carbocycles. The lowest BCUT2D eigenvalue weighted by Gasteiger charge is -2.24. The van der Waals surface area contributed by atoms with Gasteiger partial charge in [-0.05, 0) is 37.4 Å². The first-order valence-electron chi connectivity index (χ1n) is 9.77. The minimum absolute atomic E-state index is 0.0437. The topological polar surface area (TPSA) is 45.7 Å². The zero-order chi connectivity index (χ0) is 19.8. The quantitative estimate of drug-likeness (QED) is 0.507. The van der Waals surface area contributed by atoms with Gasteiger partial charge in [-0.25, -0.2) is 4.98 Å². The molecule has 0 bridgehead atoms. The molecule has 0 saturated heterocycles. The molecule has 1 heterocycles. The minimum atomic E-state index is 0.0437.